The SMILES string of the molecule is O=C(O)c1cccc(CCn2ccc(OCc3ccccc3)c(Br)c2=O)c1. The lowest BCUT2D eigenvalue weighted by atomic mass is 10.1. The highest BCUT2D eigenvalue weighted by Gasteiger charge is 2.10. The van der Waals surface area contributed by atoms with Gasteiger partial charge in [-0.15, -0.1) is 0 Å². The Morgan fingerprint density at radius 2 is 1.78 bits per heavy atom. The molecule has 27 heavy (non-hydrogen) atoms. The molecule has 0 spiro atoms. The maximum Gasteiger partial charge on any atom is 0.335 e. The summed E-state index contributed by atoms with van der Waals surface area (Å²) in [5.74, 6) is -0.468. The number of halogens is 1. The molecular formula is C21H18BrNO4. The monoisotopic (exact) mass is 427 g/mol. The van der Waals surface area contributed by atoms with Crippen LogP contribution in [0.25, 0.3) is 0 Å². The lowest BCUT2D eigenvalue weighted by Gasteiger charge is -2.11. The van der Waals surface area contributed by atoms with Crippen molar-refractivity contribution < 1.29 is 14.6 Å². The second-order valence-electron chi connectivity index (χ2n) is 6.02. The van der Waals surface area contributed by atoms with E-state index in [2.05, 4.69) is 15.9 Å². The van der Waals surface area contributed by atoms with Crippen LogP contribution in [0.5, 0.6) is 5.75 Å². The van der Waals surface area contributed by atoms with Crippen LogP contribution in [-0.4, -0.2) is 15.6 Å². The van der Waals surface area contributed by atoms with Gasteiger partial charge >= 0.3 is 5.97 Å². The maximum absolute atomic E-state index is 12.5. The largest absolute Gasteiger partial charge is 0.487 e. The van der Waals surface area contributed by atoms with E-state index in [0.717, 1.165) is 11.1 Å². The molecule has 0 unspecified atom stereocenters. The smallest absolute Gasteiger partial charge is 0.335 e. The fourth-order valence-corrected chi connectivity index (χ4v) is 3.14. The Bertz CT molecular complexity index is 999. The van der Waals surface area contributed by atoms with Gasteiger partial charge in [-0.1, -0.05) is 42.5 Å². The van der Waals surface area contributed by atoms with Gasteiger partial charge in [-0.2, -0.15) is 0 Å². The Hall–Kier alpha value is -2.86. The molecule has 1 N–H and O–H groups in total. The minimum absolute atomic E-state index is 0.185. The van der Waals surface area contributed by atoms with Crippen LogP contribution in [0.4, 0.5) is 0 Å². The summed E-state index contributed by atoms with van der Waals surface area (Å²) in [5, 5.41) is 9.06. The van der Waals surface area contributed by atoms with Crippen LogP contribution in [0, 0.1) is 0 Å². The highest BCUT2D eigenvalue weighted by Crippen LogP contribution is 2.21. The average molecular weight is 428 g/mol. The van der Waals surface area contributed by atoms with E-state index in [0.29, 0.717) is 29.8 Å². The van der Waals surface area contributed by atoms with Gasteiger partial charge in [0, 0.05) is 12.7 Å². The Balaban J connectivity index is 1.68. The van der Waals surface area contributed by atoms with E-state index in [1.54, 1.807) is 35.0 Å². The molecule has 0 aliphatic rings. The van der Waals surface area contributed by atoms with Crippen molar-refractivity contribution in [3.63, 3.8) is 0 Å². The zero-order valence-corrected chi connectivity index (χ0v) is 16.1. The molecule has 1 heterocycles. The van der Waals surface area contributed by atoms with Gasteiger partial charge in [0.1, 0.15) is 16.8 Å². The highest BCUT2D eigenvalue weighted by molar-refractivity contribution is 9.10. The van der Waals surface area contributed by atoms with E-state index in [4.69, 9.17) is 9.84 Å². The number of hydrogen-bond donors (Lipinski definition) is 1. The zero-order chi connectivity index (χ0) is 19.2. The van der Waals surface area contributed by atoms with Crippen molar-refractivity contribution in [2.24, 2.45) is 0 Å². The van der Waals surface area contributed by atoms with Gasteiger partial charge < -0.3 is 14.4 Å². The van der Waals surface area contributed by atoms with Gasteiger partial charge in [-0.05, 0) is 51.7 Å². The minimum Gasteiger partial charge on any atom is -0.487 e. The zero-order valence-electron chi connectivity index (χ0n) is 14.5. The van der Waals surface area contributed by atoms with Gasteiger partial charge in [0.05, 0.1) is 5.56 Å². The number of benzene rings is 2. The molecule has 0 saturated carbocycles. The Morgan fingerprint density at radius 1 is 1.04 bits per heavy atom. The fourth-order valence-electron chi connectivity index (χ4n) is 2.66. The van der Waals surface area contributed by atoms with E-state index in [-0.39, 0.29) is 11.1 Å². The molecule has 0 radical (unpaired) electrons. The summed E-state index contributed by atoms with van der Waals surface area (Å²) in [7, 11) is 0. The molecule has 3 rings (SSSR count). The molecule has 6 heteroatoms. The van der Waals surface area contributed by atoms with Crippen LogP contribution in [0.1, 0.15) is 21.5 Å². The molecule has 5 nitrogen and oxygen atoms in total. The van der Waals surface area contributed by atoms with Crippen LogP contribution < -0.4 is 10.3 Å². The standard InChI is InChI=1S/C21H18BrNO4/c22-19-18(27-14-16-5-2-1-3-6-16)10-12-23(20(19)24)11-9-15-7-4-8-17(13-15)21(25)26/h1-8,10,12-13H,9,11,14H2,(H,25,26). The van der Waals surface area contributed by atoms with Crippen molar-refractivity contribution in [2.75, 3.05) is 0 Å². The summed E-state index contributed by atoms with van der Waals surface area (Å²) < 4.78 is 7.69. The number of carboxylic acid groups (broad SMARTS) is 1. The number of ether oxygens (including phenoxy) is 1. The number of aryl methyl sites for hydroxylation is 2. The summed E-state index contributed by atoms with van der Waals surface area (Å²) >= 11 is 3.33. The Labute approximate surface area is 165 Å². The van der Waals surface area contributed by atoms with Crippen LogP contribution in [0.2, 0.25) is 0 Å². The molecule has 0 amide bonds. The van der Waals surface area contributed by atoms with Gasteiger partial charge in [0.25, 0.3) is 5.56 Å². The number of rotatable bonds is 7. The first-order valence-corrected chi connectivity index (χ1v) is 9.22. The lowest BCUT2D eigenvalue weighted by Crippen LogP contribution is -2.21. The van der Waals surface area contributed by atoms with Gasteiger partial charge in [0.2, 0.25) is 0 Å². The molecule has 0 atom stereocenters. The normalized spacial score (nSPS) is 10.6. The molecule has 0 aliphatic carbocycles. The fraction of sp³-hybridized carbons (Fsp3) is 0.143. The third kappa shape index (κ3) is 4.86. The van der Waals surface area contributed by atoms with Crippen LogP contribution >= 0.6 is 15.9 Å². The van der Waals surface area contributed by atoms with Gasteiger partial charge in [0.15, 0.2) is 0 Å². The number of carbonyl (C=O) groups is 1. The number of aromatic nitrogens is 1. The van der Waals surface area contributed by atoms with Crippen molar-refractivity contribution in [3.05, 3.63) is 98.4 Å². The molecule has 3 aromatic rings. The second-order valence-corrected chi connectivity index (χ2v) is 6.82. The first-order chi connectivity index (χ1) is 13.0. The van der Waals surface area contributed by atoms with E-state index in [9.17, 15) is 9.59 Å². The first kappa shape index (κ1) is 18.9. The molecule has 0 aliphatic heterocycles. The van der Waals surface area contributed by atoms with Crippen LogP contribution in [0.15, 0.2) is 76.1 Å². The van der Waals surface area contributed by atoms with E-state index in [1.807, 2.05) is 36.4 Å². The van der Waals surface area contributed by atoms with Crippen LogP contribution in [-0.2, 0) is 19.6 Å². The molecule has 1 aromatic heterocycles. The topological polar surface area (TPSA) is 68.5 Å². The first-order valence-electron chi connectivity index (χ1n) is 8.42. The second kappa shape index (κ2) is 8.68. The van der Waals surface area contributed by atoms with Crippen molar-refractivity contribution in [2.45, 2.75) is 19.6 Å². The summed E-state index contributed by atoms with van der Waals surface area (Å²) in [6.45, 7) is 0.824. The van der Waals surface area contributed by atoms with E-state index in [1.165, 1.54) is 0 Å². The Morgan fingerprint density at radius 3 is 2.52 bits per heavy atom. The van der Waals surface area contributed by atoms with Crippen LogP contribution in [0.3, 0.4) is 0 Å². The molecular weight excluding hydrogens is 410 g/mol. The van der Waals surface area contributed by atoms with Gasteiger partial charge in [-0.3, -0.25) is 4.79 Å². The summed E-state index contributed by atoms with van der Waals surface area (Å²) in [6, 6.07) is 18.2. The maximum atomic E-state index is 12.5. The predicted octanol–water partition coefficient (Wildman–Crippen LogP) is 4.13. The highest BCUT2D eigenvalue weighted by atomic mass is 79.9. The third-order valence-corrected chi connectivity index (χ3v) is 4.85. The van der Waals surface area contributed by atoms with Crippen molar-refractivity contribution in [3.8, 4) is 5.75 Å². The quantitative estimate of drug-likeness (QED) is 0.615. The lowest BCUT2D eigenvalue weighted by molar-refractivity contribution is 0.0696. The Kier molecular flexibility index (Phi) is 6.08. The number of hydrogen-bond acceptors (Lipinski definition) is 3. The number of aromatic carboxylic acids is 1. The van der Waals surface area contributed by atoms with Crippen molar-refractivity contribution in [1.82, 2.24) is 4.57 Å². The number of carboxylic acids is 1. The third-order valence-electron chi connectivity index (χ3n) is 4.12. The predicted molar refractivity (Wildman–Crippen MR) is 106 cm³/mol. The molecule has 0 bridgehead atoms. The van der Waals surface area contributed by atoms with Gasteiger partial charge in [-0.25, -0.2) is 4.79 Å². The number of nitrogens with zero attached hydrogens (tertiary/aromatic N) is 1. The summed E-state index contributed by atoms with van der Waals surface area (Å²) in [4.78, 5) is 23.6. The summed E-state index contributed by atoms with van der Waals surface area (Å²) in [5.41, 5.74) is 1.94. The van der Waals surface area contributed by atoms with E-state index >= 15 is 0 Å². The average Bonchev–Trinajstić information content (AvgIpc) is 2.69. The molecule has 0 saturated heterocycles. The van der Waals surface area contributed by atoms with E-state index < -0.39 is 5.97 Å². The minimum atomic E-state index is -0.961. The van der Waals surface area contributed by atoms with Crippen molar-refractivity contribution in [1.29, 1.82) is 0 Å². The number of pyridine rings is 1. The molecule has 2 aromatic carbocycles. The molecule has 0 fully saturated rings. The summed E-state index contributed by atoms with van der Waals surface area (Å²) in [6.07, 6.45) is 2.24. The molecule has 138 valence electrons. The van der Waals surface area contributed by atoms with Crippen molar-refractivity contribution >= 4 is 21.9 Å².